The van der Waals surface area contributed by atoms with Gasteiger partial charge in [0.1, 0.15) is 6.29 Å². The Kier molecular flexibility index (Phi) is 4.07. The smallest absolute Gasteiger partial charge is 0.223 e. The third-order valence-electron chi connectivity index (χ3n) is 4.02. The zero-order valence-electron chi connectivity index (χ0n) is 12.1. The van der Waals surface area contributed by atoms with E-state index in [1.165, 1.54) is 0 Å². The number of amides is 1. The van der Waals surface area contributed by atoms with Crippen molar-refractivity contribution in [3.05, 3.63) is 48.0 Å². The van der Waals surface area contributed by atoms with Crippen molar-refractivity contribution in [2.75, 3.05) is 6.54 Å². The summed E-state index contributed by atoms with van der Waals surface area (Å²) in [7, 11) is 0. The molecule has 2 rings (SSSR count). The van der Waals surface area contributed by atoms with Gasteiger partial charge in [-0.1, -0.05) is 43.8 Å². The van der Waals surface area contributed by atoms with Crippen molar-refractivity contribution in [3.8, 4) is 0 Å². The van der Waals surface area contributed by atoms with E-state index in [9.17, 15) is 9.59 Å². The van der Waals surface area contributed by atoms with E-state index in [4.69, 9.17) is 0 Å². The Morgan fingerprint density at radius 2 is 2.10 bits per heavy atom. The normalized spacial score (nSPS) is 23.7. The van der Waals surface area contributed by atoms with E-state index < -0.39 is 0 Å². The van der Waals surface area contributed by atoms with Gasteiger partial charge in [0.15, 0.2) is 0 Å². The highest BCUT2D eigenvalue weighted by atomic mass is 16.2. The molecule has 0 aliphatic carbocycles. The molecule has 0 aromatic heterocycles. The van der Waals surface area contributed by atoms with Crippen LogP contribution in [0.3, 0.4) is 0 Å². The van der Waals surface area contributed by atoms with Crippen molar-refractivity contribution in [2.24, 2.45) is 5.41 Å². The highest BCUT2D eigenvalue weighted by molar-refractivity contribution is 5.80. The van der Waals surface area contributed by atoms with Crippen molar-refractivity contribution < 1.29 is 9.59 Å². The van der Waals surface area contributed by atoms with Crippen LogP contribution in [0.15, 0.2) is 42.5 Å². The number of likely N-dealkylation sites (tertiary alicyclic amines) is 1. The predicted molar refractivity (Wildman–Crippen MR) is 79.1 cm³/mol. The van der Waals surface area contributed by atoms with Crippen LogP contribution in [0, 0.1) is 5.41 Å². The number of hydrogen-bond donors (Lipinski definition) is 0. The average Bonchev–Trinajstić information content (AvgIpc) is 2.73. The second kappa shape index (κ2) is 5.61. The van der Waals surface area contributed by atoms with E-state index in [0.717, 1.165) is 11.8 Å². The van der Waals surface area contributed by atoms with Gasteiger partial charge in [0, 0.05) is 13.0 Å². The van der Waals surface area contributed by atoms with E-state index in [0.29, 0.717) is 25.0 Å². The van der Waals surface area contributed by atoms with Crippen LogP contribution < -0.4 is 0 Å². The molecular formula is C17H21NO2. The number of nitrogens with zero attached hydrogens (tertiary/aromatic N) is 1. The Balaban J connectivity index is 2.13. The Morgan fingerprint density at radius 3 is 2.70 bits per heavy atom. The molecule has 0 N–H and O–H groups in total. The van der Waals surface area contributed by atoms with Crippen LogP contribution in [0.1, 0.15) is 38.3 Å². The standard InChI is InChI=1S/C17H21NO2/c1-13(11-19)9-17(3)10-16(20)18(12-17)14(2)15-7-5-4-6-8-15/h4-8,11,14H,1,9-10,12H2,2-3H3/t14-,17-/m1/s1. The molecule has 1 saturated heterocycles. The first-order valence-electron chi connectivity index (χ1n) is 6.92. The number of carbonyl (C=O) groups excluding carboxylic acids is 2. The molecule has 0 radical (unpaired) electrons. The van der Waals surface area contributed by atoms with Crippen LogP contribution in [0.5, 0.6) is 0 Å². The van der Waals surface area contributed by atoms with Gasteiger partial charge < -0.3 is 4.90 Å². The molecule has 1 aromatic carbocycles. The maximum absolute atomic E-state index is 12.3. The van der Waals surface area contributed by atoms with Crippen LogP contribution in [0.25, 0.3) is 0 Å². The quantitative estimate of drug-likeness (QED) is 0.609. The van der Waals surface area contributed by atoms with E-state index >= 15 is 0 Å². The Labute approximate surface area is 120 Å². The fraction of sp³-hybridized carbons (Fsp3) is 0.412. The minimum Gasteiger partial charge on any atom is -0.335 e. The number of carbonyl (C=O) groups is 2. The molecular weight excluding hydrogens is 250 g/mol. The number of allylic oxidation sites excluding steroid dienone is 1. The second-order valence-electron chi connectivity index (χ2n) is 6.05. The third kappa shape index (κ3) is 2.98. The maximum atomic E-state index is 12.3. The first kappa shape index (κ1) is 14.5. The summed E-state index contributed by atoms with van der Waals surface area (Å²) in [6.45, 7) is 8.51. The summed E-state index contributed by atoms with van der Waals surface area (Å²) in [6, 6.07) is 10.1. The molecule has 3 heteroatoms. The van der Waals surface area contributed by atoms with Crippen molar-refractivity contribution in [1.29, 1.82) is 0 Å². The molecule has 0 saturated carbocycles. The van der Waals surface area contributed by atoms with Gasteiger partial charge in [-0.3, -0.25) is 9.59 Å². The van der Waals surface area contributed by atoms with Gasteiger partial charge in [-0.15, -0.1) is 0 Å². The summed E-state index contributed by atoms with van der Waals surface area (Å²) in [5.74, 6) is 0.155. The van der Waals surface area contributed by atoms with E-state index in [1.54, 1.807) is 0 Å². The number of benzene rings is 1. The molecule has 1 aliphatic rings. The van der Waals surface area contributed by atoms with E-state index in [-0.39, 0.29) is 17.4 Å². The molecule has 2 atom stereocenters. The largest absolute Gasteiger partial charge is 0.335 e. The zero-order valence-corrected chi connectivity index (χ0v) is 12.1. The molecule has 0 spiro atoms. The van der Waals surface area contributed by atoms with Gasteiger partial charge in [0.25, 0.3) is 0 Å². The minimum atomic E-state index is -0.182. The molecule has 1 heterocycles. The van der Waals surface area contributed by atoms with Crippen molar-refractivity contribution in [2.45, 2.75) is 32.7 Å². The molecule has 1 aliphatic heterocycles. The third-order valence-corrected chi connectivity index (χ3v) is 4.02. The summed E-state index contributed by atoms with van der Waals surface area (Å²) in [6.07, 6.45) is 1.86. The van der Waals surface area contributed by atoms with Gasteiger partial charge in [0.05, 0.1) is 6.04 Å². The summed E-state index contributed by atoms with van der Waals surface area (Å²) in [4.78, 5) is 24.9. The van der Waals surface area contributed by atoms with Crippen molar-refractivity contribution >= 4 is 12.2 Å². The van der Waals surface area contributed by atoms with Crippen LogP contribution >= 0.6 is 0 Å². The SMILES string of the molecule is C=C(C=O)C[C@]1(C)CC(=O)N([C@H](C)c2ccccc2)C1. The summed E-state index contributed by atoms with van der Waals surface area (Å²) < 4.78 is 0. The van der Waals surface area contributed by atoms with Crippen molar-refractivity contribution in [1.82, 2.24) is 4.90 Å². The fourth-order valence-corrected chi connectivity index (χ4v) is 2.99. The van der Waals surface area contributed by atoms with E-state index in [1.807, 2.05) is 42.2 Å². The lowest BCUT2D eigenvalue weighted by Crippen LogP contribution is -2.30. The highest BCUT2D eigenvalue weighted by Crippen LogP contribution is 2.39. The van der Waals surface area contributed by atoms with Gasteiger partial charge in [0.2, 0.25) is 5.91 Å². The van der Waals surface area contributed by atoms with Crippen LogP contribution in [-0.2, 0) is 9.59 Å². The number of rotatable bonds is 5. The number of aldehydes is 1. The fourth-order valence-electron chi connectivity index (χ4n) is 2.99. The van der Waals surface area contributed by atoms with Gasteiger partial charge in [-0.2, -0.15) is 0 Å². The first-order chi connectivity index (χ1) is 9.45. The molecule has 3 nitrogen and oxygen atoms in total. The lowest BCUT2D eigenvalue weighted by molar-refractivity contribution is -0.129. The lowest BCUT2D eigenvalue weighted by Gasteiger charge is -2.28. The van der Waals surface area contributed by atoms with Gasteiger partial charge in [-0.05, 0) is 29.9 Å². The first-order valence-corrected chi connectivity index (χ1v) is 6.92. The van der Waals surface area contributed by atoms with Gasteiger partial charge >= 0.3 is 0 Å². The Morgan fingerprint density at radius 1 is 1.45 bits per heavy atom. The summed E-state index contributed by atoms with van der Waals surface area (Å²) in [5, 5.41) is 0. The molecule has 1 amide bonds. The Bertz CT molecular complexity index is 523. The van der Waals surface area contributed by atoms with Crippen LogP contribution in [0.4, 0.5) is 0 Å². The maximum Gasteiger partial charge on any atom is 0.223 e. The van der Waals surface area contributed by atoms with Crippen LogP contribution in [0.2, 0.25) is 0 Å². The summed E-state index contributed by atoms with van der Waals surface area (Å²) in [5.41, 5.74) is 1.52. The monoisotopic (exact) mass is 271 g/mol. The summed E-state index contributed by atoms with van der Waals surface area (Å²) >= 11 is 0. The highest BCUT2D eigenvalue weighted by Gasteiger charge is 2.41. The Hall–Kier alpha value is -1.90. The number of hydrogen-bond acceptors (Lipinski definition) is 2. The average molecular weight is 271 g/mol. The predicted octanol–water partition coefficient (Wildman–Crippen LogP) is 3.13. The molecule has 0 unspecified atom stereocenters. The van der Waals surface area contributed by atoms with Crippen molar-refractivity contribution in [3.63, 3.8) is 0 Å². The second-order valence-corrected chi connectivity index (χ2v) is 6.05. The minimum absolute atomic E-state index is 0.0648. The lowest BCUT2D eigenvalue weighted by atomic mass is 9.83. The zero-order chi connectivity index (χ0) is 14.8. The van der Waals surface area contributed by atoms with Gasteiger partial charge in [-0.25, -0.2) is 0 Å². The van der Waals surface area contributed by atoms with E-state index in [2.05, 4.69) is 13.5 Å². The molecule has 106 valence electrons. The van der Waals surface area contributed by atoms with Crippen LogP contribution in [-0.4, -0.2) is 23.6 Å². The molecule has 20 heavy (non-hydrogen) atoms. The topological polar surface area (TPSA) is 37.4 Å². The molecule has 1 fully saturated rings. The molecule has 1 aromatic rings. The molecule has 0 bridgehead atoms.